The molecule has 0 amide bonds. The van der Waals surface area contributed by atoms with Crippen LogP contribution in [-0.4, -0.2) is 11.3 Å². The summed E-state index contributed by atoms with van der Waals surface area (Å²) in [6, 6.07) is 7.64. The third kappa shape index (κ3) is 1.60. The Morgan fingerprint density at radius 2 is 2.08 bits per heavy atom. The SMILES string of the molecule is O=Cc1cc2ccc(Br)cc2cn1. The van der Waals surface area contributed by atoms with E-state index < -0.39 is 0 Å². The van der Waals surface area contributed by atoms with Gasteiger partial charge in [0.2, 0.25) is 0 Å². The van der Waals surface area contributed by atoms with Gasteiger partial charge < -0.3 is 0 Å². The number of halogens is 1. The summed E-state index contributed by atoms with van der Waals surface area (Å²) in [6.45, 7) is 0. The van der Waals surface area contributed by atoms with Gasteiger partial charge >= 0.3 is 0 Å². The fourth-order valence-electron chi connectivity index (χ4n) is 1.19. The lowest BCUT2D eigenvalue weighted by atomic mass is 10.1. The summed E-state index contributed by atoms with van der Waals surface area (Å²) in [6.07, 6.45) is 2.45. The van der Waals surface area contributed by atoms with E-state index in [9.17, 15) is 4.79 Å². The number of nitrogens with zero attached hydrogens (tertiary/aromatic N) is 1. The predicted molar refractivity (Wildman–Crippen MR) is 54.8 cm³/mol. The molecule has 0 aliphatic heterocycles. The Morgan fingerprint density at radius 1 is 1.23 bits per heavy atom. The third-order valence-corrected chi connectivity index (χ3v) is 2.32. The fraction of sp³-hybridized carbons (Fsp3) is 0. The predicted octanol–water partition coefficient (Wildman–Crippen LogP) is 2.81. The molecule has 0 bridgehead atoms. The van der Waals surface area contributed by atoms with Crippen LogP contribution < -0.4 is 0 Å². The van der Waals surface area contributed by atoms with Gasteiger partial charge in [-0.1, -0.05) is 22.0 Å². The molecule has 13 heavy (non-hydrogen) atoms. The van der Waals surface area contributed by atoms with Crippen molar-refractivity contribution in [1.82, 2.24) is 4.98 Å². The van der Waals surface area contributed by atoms with Crippen LogP contribution in [0.3, 0.4) is 0 Å². The quantitative estimate of drug-likeness (QED) is 0.712. The summed E-state index contributed by atoms with van der Waals surface area (Å²) in [5.74, 6) is 0. The smallest absolute Gasteiger partial charge is 0.168 e. The van der Waals surface area contributed by atoms with E-state index in [0.717, 1.165) is 21.5 Å². The molecule has 0 aliphatic rings. The molecule has 64 valence electrons. The van der Waals surface area contributed by atoms with E-state index in [1.54, 1.807) is 12.3 Å². The van der Waals surface area contributed by atoms with Crippen molar-refractivity contribution >= 4 is 33.0 Å². The van der Waals surface area contributed by atoms with Gasteiger partial charge in [0.1, 0.15) is 5.69 Å². The number of carbonyl (C=O) groups excluding carboxylic acids is 1. The highest BCUT2D eigenvalue weighted by molar-refractivity contribution is 9.10. The molecule has 1 aromatic heterocycles. The van der Waals surface area contributed by atoms with Crippen molar-refractivity contribution in [2.45, 2.75) is 0 Å². The van der Waals surface area contributed by atoms with E-state index in [0.29, 0.717) is 5.69 Å². The average Bonchev–Trinajstić information content (AvgIpc) is 2.17. The van der Waals surface area contributed by atoms with Crippen molar-refractivity contribution < 1.29 is 4.79 Å². The molecule has 1 aromatic carbocycles. The second kappa shape index (κ2) is 3.26. The number of aromatic nitrogens is 1. The van der Waals surface area contributed by atoms with Crippen LogP contribution in [0.1, 0.15) is 10.5 Å². The van der Waals surface area contributed by atoms with Gasteiger partial charge in [-0.2, -0.15) is 0 Å². The number of fused-ring (bicyclic) bond motifs is 1. The molecule has 0 aliphatic carbocycles. The normalized spacial score (nSPS) is 10.2. The molecule has 0 atom stereocenters. The van der Waals surface area contributed by atoms with E-state index in [1.165, 1.54) is 0 Å². The lowest BCUT2D eigenvalue weighted by Crippen LogP contribution is -1.85. The van der Waals surface area contributed by atoms with E-state index >= 15 is 0 Å². The highest BCUT2D eigenvalue weighted by atomic mass is 79.9. The lowest BCUT2D eigenvalue weighted by Gasteiger charge is -1.97. The van der Waals surface area contributed by atoms with Crippen LogP contribution in [-0.2, 0) is 0 Å². The highest BCUT2D eigenvalue weighted by Crippen LogP contribution is 2.18. The van der Waals surface area contributed by atoms with Gasteiger partial charge in [0.05, 0.1) is 0 Å². The van der Waals surface area contributed by atoms with Crippen LogP contribution in [0.4, 0.5) is 0 Å². The first-order chi connectivity index (χ1) is 6.29. The molecule has 0 saturated carbocycles. The van der Waals surface area contributed by atoms with E-state index in [4.69, 9.17) is 0 Å². The minimum Gasteiger partial charge on any atom is -0.296 e. The summed E-state index contributed by atoms with van der Waals surface area (Å²) in [5, 5.41) is 2.06. The maximum absolute atomic E-state index is 10.4. The second-order valence-electron chi connectivity index (χ2n) is 2.72. The number of pyridine rings is 1. The van der Waals surface area contributed by atoms with Gasteiger partial charge in [0.25, 0.3) is 0 Å². The second-order valence-corrected chi connectivity index (χ2v) is 3.63. The Balaban J connectivity index is 2.73. The van der Waals surface area contributed by atoms with Crippen molar-refractivity contribution in [1.29, 1.82) is 0 Å². The lowest BCUT2D eigenvalue weighted by molar-refractivity contribution is 0.111. The molecular formula is C10H6BrNO. The summed E-state index contributed by atoms with van der Waals surface area (Å²) in [5.41, 5.74) is 0.467. The molecule has 0 fully saturated rings. The minimum atomic E-state index is 0.467. The largest absolute Gasteiger partial charge is 0.296 e. The number of hydrogen-bond acceptors (Lipinski definition) is 2. The summed E-state index contributed by atoms with van der Waals surface area (Å²) in [4.78, 5) is 14.4. The molecular weight excluding hydrogens is 230 g/mol. The maximum atomic E-state index is 10.4. The molecule has 0 saturated heterocycles. The van der Waals surface area contributed by atoms with Crippen molar-refractivity contribution in [3.63, 3.8) is 0 Å². The third-order valence-electron chi connectivity index (χ3n) is 1.83. The first-order valence-corrected chi connectivity index (χ1v) is 4.59. The van der Waals surface area contributed by atoms with Gasteiger partial charge in [-0.25, -0.2) is 0 Å². The highest BCUT2D eigenvalue weighted by Gasteiger charge is 1.96. The summed E-state index contributed by atoms with van der Waals surface area (Å²) < 4.78 is 1.01. The Kier molecular flexibility index (Phi) is 2.10. The number of benzene rings is 1. The van der Waals surface area contributed by atoms with Crippen LogP contribution in [0, 0.1) is 0 Å². The first kappa shape index (κ1) is 8.38. The summed E-state index contributed by atoms with van der Waals surface area (Å²) in [7, 11) is 0. The van der Waals surface area contributed by atoms with Crippen LogP contribution >= 0.6 is 15.9 Å². The maximum Gasteiger partial charge on any atom is 0.168 e. The van der Waals surface area contributed by atoms with Crippen molar-refractivity contribution in [2.24, 2.45) is 0 Å². The standard InChI is InChI=1S/C10H6BrNO/c11-9-2-1-7-4-10(6-13)12-5-8(7)3-9/h1-6H. The van der Waals surface area contributed by atoms with Gasteiger partial charge in [0, 0.05) is 16.1 Å². The van der Waals surface area contributed by atoms with Crippen molar-refractivity contribution in [3.05, 3.63) is 40.6 Å². The number of hydrogen-bond donors (Lipinski definition) is 0. The Morgan fingerprint density at radius 3 is 2.85 bits per heavy atom. The molecule has 3 heteroatoms. The van der Waals surface area contributed by atoms with Gasteiger partial charge in [-0.05, 0) is 23.6 Å². The Labute approximate surface area is 83.7 Å². The number of rotatable bonds is 1. The molecule has 1 heterocycles. The fourth-order valence-corrected chi connectivity index (χ4v) is 1.57. The van der Waals surface area contributed by atoms with Gasteiger partial charge in [-0.15, -0.1) is 0 Å². The monoisotopic (exact) mass is 235 g/mol. The molecule has 0 spiro atoms. The molecule has 2 rings (SSSR count). The topological polar surface area (TPSA) is 30.0 Å². The van der Waals surface area contributed by atoms with E-state index in [1.807, 2.05) is 18.2 Å². The molecule has 0 radical (unpaired) electrons. The Bertz CT molecular complexity index is 467. The van der Waals surface area contributed by atoms with Crippen LogP contribution in [0.15, 0.2) is 34.9 Å². The van der Waals surface area contributed by atoms with Gasteiger partial charge in [0.15, 0.2) is 6.29 Å². The minimum absolute atomic E-state index is 0.467. The van der Waals surface area contributed by atoms with E-state index in [2.05, 4.69) is 20.9 Å². The van der Waals surface area contributed by atoms with Gasteiger partial charge in [-0.3, -0.25) is 9.78 Å². The van der Waals surface area contributed by atoms with Crippen LogP contribution in [0.25, 0.3) is 10.8 Å². The Hall–Kier alpha value is -1.22. The van der Waals surface area contributed by atoms with E-state index in [-0.39, 0.29) is 0 Å². The van der Waals surface area contributed by atoms with Crippen LogP contribution in [0.5, 0.6) is 0 Å². The zero-order chi connectivity index (χ0) is 9.26. The number of aldehydes is 1. The molecule has 2 nitrogen and oxygen atoms in total. The zero-order valence-electron chi connectivity index (χ0n) is 6.70. The zero-order valence-corrected chi connectivity index (χ0v) is 8.28. The molecule has 0 N–H and O–H groups in total. The molecule has 0 unspecified atom stereocenters. The molecule has 2 aromatic rings. The summed E-state index contributed by atoms with van der Waals surface area (Å²) >= 11 is 3.37. The van der Waals surface area contributed by atoms with Crippen molar-refractivity contribution in [2.75, 3.05) is 0 Å². The first-order valence-electron chi connectivity index (χ1n) is 3.80. The number of carbonyl (C=O) groups is 1. The average molecular weight is 236 g/mol. The van der Waals surface area contributed by atoms with Crippen LogP contribution in [0.2, 0.25) is 0 Å². The van der Waals surface area contributed by atoms with Crippen molar-refractivity contribution in [3.8, 4) is 0 Å².